The summed E-state index contributed by atoms with van der Waals surface area (Å²) < 4.78 is 12.2. The van der Waals surface area contributed by atoms with Crippen LogP contribution in [0.15, 0.2) is 0 Å². The Labute approximate surface area is 61.6 Å². The van der Waals surface area contributed by atoms with Crippen LogP contribution in [-0.2, 0) is 9.59 Å². The average Bonchev–Trinajstić information content (AvgIpc) is 1.87. The van der Waals surface area contributed by atoms with Crippen LogP contribution in [0.3, 0.4) is 0 Å². The van der Waals surface area contributed by atoms with Crippen molar-refractivity contribution in [1.29, 1.82) is 0 Å². The van der Waals surface area contributed by atoms with Gasteiger partial charge in [-0.1, -0.05) is 0 Å². The molecule has 0 aliphatic heterocycles. The number of carboxylic acids is 2. The molecule has 0 aliphatic carbocycles. The molecule has 64 valence electrons. The Morgan fingerprint density at radius 3 is 2.09 bits per heavy atom. The SMILES string of the molecule is N[C@H](C[C@H](F)C(=O)O)C(=O)O. The van der Waals surface area contributed by atoms with E-state index in [4.69, 9.17) is 15.9 Å². The zero-order valence-corrected chi connectivity index (χ0v) is 5.53. The first-order valence-electron chi connectivity index (χ1n) is 2.80. The molecule has 0 aliphatic rings. The van der Waals surface area contributed by atoms with Crippen LogP contribution in [0.2, 0.25) is 0 Å². The van der Waals surface area contributed by atoms with Crippen molar-refractivity contribution >= 4 is 11.9 Å². The lowest BCUT2D eigenvalue weighted by atomic mass is 10.1. The van der Waals surface area contributed by atoms with Crippen LogP contribution in [0.1, 0.15) is 6.42 Å². The predicted molar refractivity (Wildman–Crippen MR) is 32.8 cm³/mol. The second kappa shape index (κ2) is 3.87. The fourth-order valence-electron chi connectivity index (χ4n) is 0.425. The Morgan fingerprint density at radius 1 is 1.36 bits per heavy atom. The Morgan fingerprint density at radius 2 is 1.82 bits per heavy atom. The van der Waals surface area contributed by atoms with Gasteiger partial charge in [0.2, 0.25) is 0 Å². The highest BCUT2D eigenvalue weighted by Crippen LogP contribution is 2.00. The van der Waals surface area contributed by atoms with Crippen LogP contribution < -0.4 is 5.73 Å². The van der Waals surface area contributed by atoms with E-state index in [2.05, 4.69) is 0 Å². The summed E-state index contributed by atoms with van der Waals surface area (Å²) in [6, 6.07) is -1.46. The molecule has 0 radical (unpaired) electrons. The molecule has 0 saturated heterocycles. The number of rotatable bonds is 4. The van der Waals surface area contributed by atoms with E-state index in [1.807, 2.05) is 0 Å². The number of carboxylic acid groups (broad SMARTS) is 2. The van der Waals surface area contributed by atoms with Crippen LogP contribution in [0.5, 0.6) is 0 Å². The highest BCUT2D eigenvalue weighted by molar-refractivity contribution is 5.76. The van der Waals surface area contributed by atoms with E-state index in [1.165, 1.54) is 0 Å². The van der Waals surface area contributed by atoms with Gasteiger partial charge in [-0.05, 0) is 0 Å². The third-order valence-electron chi connectivity index (χ3n) is 1.05. The lowest BCUT2D eigenvalue weighted by Crippen LogP contribution is -2.35. The molecular weight excluding hydrogens is 157 g/mol. The largest absolute Gasteiger partial charge is 0.480 e. The molecule has 2 atom stereocenters. The second-order valence-electron chi connectivity index (χ2n) is 1.99. The molecule has 0 bridgehead atoms. The summed E-state index contributed by atoms with van der Waals surface area (Å²) >= 11 is 0. The molecule has 0 fully saturated rings. The summed E-state index contributed by atoms with van der Waals surface area (Å²) in [4.78, 5) is 19.8. The van der Waals surface area contributed by atoms with Gasteiger partial charge in [0.15, 0.2) is 6.17 Å². The van der Waals surface area contributed by atoms with Gasteiger partial charge in [0.25, 0.3) is 0 Å². The molecule has 0 rings (SSSR count). The normalized spacial score (nSPS) is 15.5. The molecule has 0 unspecified atom stereocenters. The summed E-state index contributed by atoms with van der Waals surface area (Å²) in [5, 5.41) is 16.1. The minimum atomic E-state index is -2.21. The van der Waals surface area contributed by atoms with Crippen molar-refractivity contribution in [2.24, 2.45) is 5.73 Å². The van der Waals surface area contributed by atoms with E-state index in [0.717, 1.165) is 0 Å². The first-order chi connectivity index (χ1) is 4.95. The number of nitrogens with two attached hydrogens (primary N) is 1. The maximum Gasteiger partial charge on any atom is 0.338 e. The Bertz CT molecular complexity index is 154. The van der Waals surface area contributed by atoms with Gasteiger partial charge in [-0.15, -0.1) is 0 Å². The molecule has 0 aromatic rings. The van der Waals surface area contributed by atoms with E-state index in [1.54, 1.807) is 0 Å². The van der Waals surface area contributed by atoms with Gasteiger partial charge in [0.1, 0.15) is 6.04 Å². The summed E-state index contributed by atoms with van der Waals surface area (Å²) in [5.41, 5.74) is 4.85. The Hall–Kier alpha value is -1.17. The Balaban J connectivity index is 3.84. The van der Waals surface area contributed by atoms with Gasteiger partial charge >= 0.3 is 11.9 Å². The van der Waals surface area contributed by atoms with Crippen LogP contribution in [0.25, 0.3) is 0 Å². The Kier molecular flexibility index (Phi) is 3.46. The fraction of sp³-hybridized carbons (Fsp3) is 0.600. The van der Waals surface area contributed by atoms with Gasteiger partial charge in [-0.3, -0.25) is 4.79 Å². The van der Waals surface area contributed by atoms with E-state index >= 15 is 0 Å². The van der Waals surface area contributed by atoms with E-state index in [-0.39, 0.29) is 0 Å². The fourth-order valence-corrected chi connectivity index (χ4v) is 0.425. The minimum Gasteiger partial charge on any atom is -0.480 e. The van der Waals surface area contributed by atoms with Crippen molar-refractivity contribution in [3.8, 4) is 0 Å². The molecule has 0 aromatic carbocycles. The van der Waals surface area contributed by atoms with Gasteiger partial charge in [-0.25, -0.2) is 9.18 Å². The molecule has 0 amide bonds. The van der Waals surface area contributed by atoms with Crippen LogP contribution in [0.4, 0.5) is 4.39 Å². The third-order valence-corrected chi connectivity index (χ3v) is 1.05. The van der Waals surface area contributed by atoms with Crippen LogP contribution in [-0.4, -0.2) is 34.4 Å². The summed E-state index contributed by atoms with van der Waals surface area (Å²) in [6.07, 6.45) is -2.91. The topological polar surface area (TPSA) is 101 Å². The average molecular weight is 165 g/mol. The molecule has 4 N–H and O–H groups in total. The van der Waals surface area contributed by atoms with Crippen molar-refractivity contribution in [2.75, 3.05) is 0 Å². The highest BCUT2D eigenvalue weighted by atomic mass is 19.1. The van der Waals surface area contributed by atoms with Crippen molar-refractivity contribution < 1.29 is 24.2 Å². The van der Waals surface area contributed by atoms with Crippen molar-refractivity contribution in [3.05, 3.63) is 0 Å². The van der Waals surface area contributed by atoms with Gasteiger partial charge in [0, 0.05) is 6.42 Å². The zero-order chi connectivity index (χ0) is 9.02. The van der Waals surface area contributed by atoms with Crippen molar-refractivity contribution in [1.82, 2.24) is 0 Å². The second-order valence-corrected chi connectivity index (χ2v) is 1.99. The number of hydrogen-bond donors (Lipinski definition) is 3. The molecule has 11 heavy (non-hydrogen) atoms. The van der Waals surface area contributed by atoms with Gasteiger partial charge < -0.3 is 15.9 Å². The number of aliphatic carboxylic acids is 2. The quantitative estimate of drug-likeness (QED) is 0.506. The van der Waals surface area contributed by atoms with E-state index in [9.17, 15) is 14.0 Å². The van der Waals surface area contributed by atoms with Crippen molar-refractivity contribution in [2.45, 2.75) is 18.6 Å². The molecule has 6 heteroatoms. The number of carbonyl (C=O) groups is 2. The molecule has 0 saturated carbocycles. The first kappa shape index (κ1) is 9.83. The molecular formula is C5H8FNO4. The minimum absolute atomic E-state index is 0.704. The third kappa shape index (κ3) is 3.51. The molecule has 0 aromatic heterocycles. The maximum absolute atomic E-state index is 12.2. The monoisotopic (exact) mass is 165 g/mol. The van der Waals surface area contributed by atoms with Gasteiger partial charge in [-0.2, -0.15) is 0 Å². The zero-order valence-electron chi connectivity index (χ0n) is 5.53. The predicted octanol–water partition coefficient (Wildman–Crippen LogP) is -0.789. The van der Waals surface area contributed by atoms with E-state index < -0.39 is 30.6 Å². The maximum atomic E-state index is 12.2. The highest BCUT2D eigenvalue weighted by Gasteiger charge is 2.23. The standard InChI is InChI=1S/C5H8FNO4/c6-2(4(8)9)1-3(7)5(10)11/h2-3H,1,7H2,(H,8,9)(H,10,11)/t2-,3+/m0/s1. The molecule has 0 spiro atoms. The van der Waals surface area contributed by atoms with E-state index in [0.29, 0.717) is 0 Å². The lowest BCUT2D eigenvalue weighted by Gasteiger charge is -2.06. The number of hydrogen-bond acceptors (Lipinski definition) is 3. The van der Waals surface area contributed by atoms with Gasteiger partial charge in [0.05, 0.1) is 0 Å². The lowest BCUT2D eigenvalue weighted by molar-refractivity contribution is -0.144. The summed E-state index contributed by atoms with van der Waals surface area (Å²) in [5.74, 6) is -3.10. The number of alkyl halides is 1. The smallest absolute Gasteiger partial charge is 0.338 e. The number of halogens is 1. The van der Waals surface area contributed by atoms with Crippen molar-refractivity contribution in [3.63, 3.8) is 0 Å². The molecule has 5 nitrogen and oxygen atoms in total. The summed E-state index contributed by atoms with van der Waals surface area (Å²) in [6.45, 7) is 0. The molecule has 0 heterocycles. The van der Waals surface area contributed by atoms with Crippen LogP contribution in [0, 0.1) is 0 Å². The first-order valence-corrected chi connectivity index (χ1v) is 2.80. The summed E-state index contributed by atoms with van der Waals surface area (Å²) in [7, 11) is 0. The van der Waals surface area contributed by atoms with Crippen LogP contribution >= 0.6 is 0 Å².